The summed E-state index contributed by atoms with van der Waals surface area (Å²) < 4.78 is 25.9. The van der Waals surface area contributed by atoms with Crippen molar-refractivity contribution in [2.24, 2.45) is 5.92 Å². The Morgan fingerprint density at radius 1 is 1.25 bits per heavy atom. The van der Waals surface area contributed by atoms with Crippen LogP contribution in [0.15, 0.2) is 18.2 Å². The SMILES string of the molecule is CC(C)C(C)NC(=O)c1ccc(F)cc1F. The molecule has 1 atom stereocenters. The van der Waals surface area contributed by atoms with Gasteiger partial charge < -0.3 is 5.32 Å². The van der Waals surface area contributed by atoms with Crippen LogP contribution in [0.25, 0.3) is 0 Å². The first kappa shape index (κ1) is 12.6. The van der Waals surface area contributed by atoms with Gasteiger partial charge in [0.1, 0.15) is 11.6 Å². The topological polar surface area (TPSA) is 29.1 Å². The lowest BCUT2D eigenvalue weighted by Gasteiger charge is -2.17. The van der Waals surface area contributed by atoms with Gasteiger partial charge in [0.15, 0.2) is 0 Å². The van der Waals surface area contributed by atoms with Crippen molar-refractivity contribution in [3.8, 4) is 0 Å². The van der Waals surface area contributed by atoms with Gasteiger partial charge in [0, 0.05) is 12.1 Å². The Morgan fingerprint density at radius 2 is 1.88 bits per heavy atom. The molecule has 0 spiro atoms. The number of benzene rings is 1. The highest BCUT2D eigenvalue weighted by Crippen LogP contribution is 2.10. The van der Waals surface area contributed by atoms with Crippen LogP contribution >= 0.6 is 0 Å². The Hall–Kier alpha value is -1.45. The third kappa shape index (κ3) is 3.02. The van der Waals surface area contributed by atoms with Gasteiger partial charge in [-0.3, -0.25) is 4.79 Å². The summed E-state index contributed by atoms with van der Waals surface area (Å²) in [5.74, 6) is -1.79. The highest BCUT2D eigenvalue weighted by atomic mass is 19.1. The van der Waals surface area contributed by atoms with Gasteiger partial charge >= 0.3 is 0 Å². The van der Waals surface area contributed by atoms with Crippen molar-refractivity contribution in [2.75, 3.05) is 0 Å². The number of amides is 1. The molecule has 0 aliphatic rings. The molecule has 2 nitrogen and oxygen atoms in total. The standard InChI is InChI=1S/C12H15F2NO/c1-7(2)8(3)15-12(16)10-5-4-9(13)6-11(10)14/h4-8H,1-3H3,(H,15,16). The van der Waals surface area contributed by atoms with Crippen LogP contribution in [0.5, 0.6) is 0 Å². The van der Waals surface area contributed by atoms with E-state index in [1.165, 1.54) is 0 Å². The molecule has 1 aromatic carbocycles. The fourth-order valence-electron chi connectivity index (χ4n) is 1.12. The smallest absolute Gasteiger partial charge is 0.254 e. The zero-order chi connectivity index (χ0) is 12.3. The van der Waals surface area contributed by atoms with Crippen LogP contribution in [0.3, 0.4) is 0 Å². The van der Waals surface area contributed by atoms with Crippen molar-refractivity contribution in [2.45, 2.75) is 26.8 Å². The van der Waals surface area contributed by atoms with Crippen LogP contribution in [-0.2, 0) is 0 Å². The van der Waals surface area contributed by atoms with E-state index in [0.29, 0.717) is 6.07 Å². The van der Waals surface area contributed by atoms with E-state index < -0.39 is 17.5 Å². The Labute approximate surface area is 93.7 Å². The molecular formula is C12H15F2NO. The highest BCUT2D eigenvalue weighted by Gasteiger charge is 2.16. The van der Waals surface area contributed by atoms with Gasteiger partial charge in [0.25, 0.3) is 5.91 Å². The summed E-state index contributed by atoms with van der Waals surface area (Å²) in [5.41, 5.74) is -0.131. The van der Waals surface area contributed by atoms with Crippen LogP contribution < -0.4 is 5.32 Å². The molecule has 1 aromatic rings. The minimum Gasteiger partial charge on any atom is -0.349 e. The summed E-state index contributed by atoms with van der Waals surface area (Å²) in [5, 5.41) is 2.65. The Bertz CT molecular complexity index is 391. The molecule has 0 saturated carbocycles. The average Bonchev–Trinajstić information content (AvgIpc) is 2.16. The molecule has 1 unspecified atom stereocenters. The van der Waals surface area contributed by atoms with E-state index in [-0.39, 0.29) is 17.5 Å². The third-order valence-corrected chi connectivity index (χ3v) is 2.53. The Balaban J connectivity index is 2.81. The molecule has 1 N–H and O–H groups in total. The molecule has 0 saturated heterocycles. The van der Waals surface area contributed by atoms with Crippen LogP contribution in [0, 0.1) is 17.6 Å². The van der Waals surface area contributed by atoms with E-state index in [4.69, 9.17) is 0 Å². The van der Waals surface area contributed by atoms with Crippen molar-refractivity contribution in [1.29, 1.82) is 0 Å². The number of carbonyl (C=O) groups excluding carboxylic acids is 1. The quantitative estimate of drug-likeness (QED) is 0.845. The van der Waals surface area contributed by atoms with Gasteiger partial charge in [-0.2, -0.15) is 0 Å². The fourth-order valence-corrected chi connectivity index (χ4v) is 1.12. The minimum absolute atomic E-state index is 0.0584. The maximum absolute atomic E-state index is 13.3. The van der Waals surface area contributed by atoms with E-state index in [2.05, 4.69) is 5.32 Å². The molecule has 1 rings (SSSR count). The molecule has 4 heteroatoms. The molecule has 88 valence electrons. The molecule has 0 fully saturated rings. The first-order chi connectivity index (χ1) is 7.41. The Kier molecular flexibility index (Phi) is 3.99. The fraction of sp³-hybridized carbons (Fsp3) is 0.417. The summed E-state index contributed by atoms with van der Waals surface area (Å²) in [6, 6.07) is 2.86. The number of hydrogen-bond acceptors (Lipinski definition) is 1. The van der Waals surface area contributed by atoms with Crippen molar-refractivity contribution in [1.82, 2.24) is 5.32 Å². The second-order valence-electron chi connectivity index (χ2n) is 4.13. The molecule has 0 radical (unpaired) electrons. The average molecular weight is 227 g/mol. The monoisotopic (exact) mass is 227 g/mol. The van der Waals surface area contributed by atoms with Gasteiger partial charge in [-0.1, -0.05) is 13.8 Å². The van der Waals surface area contributed by atoms with E-state index in [9.17, 15) is 13.6 Å². The summed E-state index contributed by atoms with van der Waals surface area (Å²) >= 11 is 0. The van der Waals surface area contributed by atoms with Crippen molar-refractivity contribution in [3.63, 3.8) is 0 Å². The normalized spacial score (nSPS) is 12.6. The maximum atomic E-state index is 13.3. The molecule has 0 aliphatic heterocycles. The second-order valence-corrected chi connectivity index (χ2v) is 4.13. The second kappa shape index (κ2) is 5.05. The minimum atomic E-state index is -0.839. The maximum Gasteiger partial charge on any atom is 0.254 e. The lowest BCUT2D eigenvalue weighted by molar-refractivity contribution is 0.0926. The van der Waals surface area contributed by atoms with Gasteiger partial charge in [-0.25, -0.2) is 8.78 Å². The van der Waals surface area contributed by atoms with E-state index in [0.717, 1.165) is 12.1 Å². The van der Waals surface area contributed by atoms with Crippen molar-refractivity contribution in [3.05, 3.63) is 35.4 Å². The van der Waals surface area contributed by atoms with Gasteiger partial charge in [-0.05, 0) is 25.0 Å². The van der Waals surface area contributed by atoms with Crippen LogP contribution in [0.2, 0.25) is 0 Å². The predicted molar refractivity (Wildman–Crippen MR) is 58.1 cm³/mol. The number of rotatable bonds is 3. The summed E-state index contributed by atoms with van der Waals surface area (Å²) in [6.07, 6.45) is 0. The molecule has 1 amide bonds. The molecular weight excluding hydrogens is 212 g/mol. The third-order valence-electron chi connectivity index (χ3n) is 2.53. The Morgan fingerprint density at radius 3 is 2.38 bits per heavy atom. The molecule has 0 aliphatic carbocycles. The number of halogens is 2. The highest BCUT2D eigenvalue weighted by molar-refractivity contribution is 5.94. The van der Waals surface area contributed by atoms with E-state index in [1.54, 1.807) is 0 Å². The van der Waals surface area contributed by atoms with Crippen molar-refractivity contribution < 1.29 is 13.6 Å². The van der Waals surface area contributed by atoms with E-state index in [1.807, 2.05) is 20.8 Å². The van der Waals surface area contributed by atoms with Gasteiger partial charge in [0.2, 0.25) is 0 Å². The molecule has 0 heterocycles. The van der Waals surface area contributed by atoms with Crippen LogP contribution in [0.1, 0.15) is 31.1 Å². The first-order valence-corrected chi connectivity index (χ1v) is 5.17. The summed E-state index contributed by atoms with van der Waals surface area (Å²) in [7, 11) is 0. The largest absolute Gasteiger partial charge is 0.349 e. The summed E-state index contributed by atoms with van der Waals surface area (Å²) in [4.78, 5) is 11.6. The first-order valence-electron chi connectivity index (χ1n) is 5.17. The molecule has 0 aromatic heterocycles. The number of hydrogen-bond donors (Lipinski definition) is 1. The van der Waals surface area contributed by atoms with E-state index >= 15 is 0 Å². The van der Waals surface area contributed by atoms with Gasteiger partial charge in [0.05, 0.1) is 5.56 Å². The predicted octanol–water partition coefficient (Wildman–Crippen LogP) is 2.74. The number of nitrogens with one attached hydrogen (secondary N) is 1. The summed E-state index contributed by atoms with van der Waals surface area (Å²) in [6.45, 7) is 5.74. The zero-order valence-corrected chi connectivity index (χ0v) is 9.55. The van der Waals surface area contributed by atoms with Crippen LogP contribution in [0.4, 0.5) is 8.78 Å². The lowest BCUT2D eigenvalue weighted by Crippen LogP contribution is -2.36. The van der Waals surface area contributed by atoms with Crippen molar-refractivity contribution >= 4 is 5.91 Å². The lowest BCUT2D eigenvalue weighted by atomic mass is 10.1. The zero-order valence-electron chi connectivity index (χ0n) is 9.55. The molecule has 0 bridgehead atoms. The number of carbonyl (C=O) groups is 1. The molecule has 16 heavy (non-hydrogen) atoms. The van der Waals surface area contributed by atoms with Gasteiger partial charge in [-0.15, -0.1) is 0 Å². The van der Waals surface area contributed by atoms with Crippen LogP contribution in [-0.4, -0.2) is 11.9 Å².